The van der Waals surface area contributed by atoms with Gasteiger partial charge >= 0.3 is 0 Å². The summed E-state index contributed by atoms with van der Waals surface area (Å²) in [5, 5.41) is 0.753. The van der Waals surface area contributed by atoms with Gasteiger partial charge in [0.05, 0.1) is 5.69 Å². The molecule has 2 aromatic rings. The molecule has 0 fully saturated rings. The van der Waals surface area contributed by atoms with Gasteiger partial charge in [0.25, 0.3) is 0 Å². The Hall–Kier alpha value is -1.66. The van der Waals surface area contributed by atoms with Crippen molar-refractivity contribution < 1.29 is 0 Å². The summed E-state index contributed by atoms with van der Waals surface area (Å²) < 4.78 is 0. The Balaban J connectivity index is 1.99. The summed E-state index contributed by atoms with van der Waals surface area (Å²) >= 11 is 1.55. The zero-order valence-corrected chi connectivity index (χ0v) is 10.2. The second-order valence-electron chi connectivity index (χ2n) is 3.49. The minimum absolute atomic E-state index is 0.660. The highest BCUT2D eigenvalue weighted by molar-refractivity contribution is 7.98. The fourth-order valence-corrected chi connectivity index (χ4v) is 1.93. The second kappa shape index (κ2) is 5.60. The van der Waals surface area contributed by atoms with Gasteiger partial charge in [-0.3, -0.25) is 0 Å². The standard InChI is InChI=1S/C11H13N5S/c1-8-5-13-11(14-6-8)17-7-9-3-2-4-10(15-9)16-12/h2-6H,7,12H2,1H3,(H,15,16). The first kappa shape index (κ1) is 11.8. The summed E-state index contributed by atoms with van der Waals surface area (Å²) in [5.74, 6) is 6.68. The van der Waals surface area contributed by atoms with Gasteiger partial charge in [-0.05, 0) is 24.6 Å². The molecule has 0 bridgehead atoms. The van der Waals surface area contributed by atoms with Crippen molar-refractivity contribution in [1.29, 1.82) is 0 Å². The first-order valence-corrected chi connectivity index (χ1v) is 6.10. The highest BCUT2D eigenvalue weighted by atomic mass is 32.2. The number of aromatic nitrogens is 3. The van der Waals surface area contributed by atoms with Gasteiger partial charge in [0.15, 0.2) is 5.16 Å². The number of aryl methyl sites for hydroxylation is 1. The van der Waals surface area contributed by atoms with E-state index in [-0.39, 0.29) is 0 Å². The topological polar surface area (TPSA) is 76.7 Å². The molecule has 0 aromatic carbocycles. The Morgan fingerprint density at radius 2 is 2.06 bits per heavy atom. The van der Waals surface area contributed by atoms with E-state index < -0.39 is 0 Å². The zero-order chi connectivity index (χ0) is 12.1. The van der Waals surface area contributed by atoms with E-state index in [9.17, 15) is 0 Å². The van der Waals surface area contributed by atoms with Gasteiger partial charge in [-0.2, -0.15) is 0 Å². The van der Waals surface area contributed by atoms with Gasteiger partial charge in [0, 0.05) is 18.1 Å². The van der Waals surface area contributed by atoms with Crippen molar-refractivity contribution >= 4 is 17.6 Å². The van der Waals surface area contributed by atoms with E-state index in [1.54, 1.807) is 24.2 Å². The molecule has 2 aromatic heterocycles. The van der Waals surface area contributed by atoms with E-state index >= 15 is 0 Å². The number of thioether (sulfide) groups is 1. The predicted octanol–water partition coefficient (Wildman–Crippen LogP) is 1.76. The van der Waals surface area contributed by atoms with Crippen LogP contribution in [0.5, 0.6) is 0 Å². The van der Waals surface area contributed by atoms with Crippen molar-refractivity contribution in [3.8, 4) is 0 Å². The van der Waals surface area contributed by atoms with Crippen LogP contribution in [-0.4, -0.2) is 15.0 Å². The third-order valence-corrected chi connectivity index (χ3v) is 2.97. The maximum atomic E-state index is 5.30. The number of hydrogen-bond acceptors (Lipinski definition) is 6. The molecular weight excluding hydrogens is 234 g/mol. The number of nitrogens with zero attached hydrogens (tertiary/aromatic N) is 3. The van der Waals surface area contributed by atoms with Crippen LogP contribution in [0.1, 0.15) is 11.3 Å². The molecule has 0 aliphatic heterocycles. The van der Waals surface area contributed by atoms with Gasteiger partial charge in [-0.1, -0.05) is 17.8 Å². The lowest BCUT2D eigenvalue weighted by Gasteiger charge is -2.03. The maximum absolute atomic E-state index is 5.30. The van der Waals surface area contributed by atoms with E-state index in [0.717, 1.165) is 22.2 Å². The summed E-state index contributed by atoms with van der Waals surface area (Å²) in [7, 11) is 0. The average Bonchev–Trinajstić information content (AvgIpc) is 2.38. The fraction of sp³-hybridized carbons (Fsp3) is 0.182. The maximum Gasteiger partial charge on any atom is 0.187 e. The summed E-state index contributed by atoms with van der Waals surface area (Å²) in [5.41, 5.74) is 4.52. The van der Waals surface area contributed by atoms with Crippen molar-refractivity contribution in [2.24, 2.45) is 5.84 Å². The number of hydrogen-bond donors (Lipinski definition) is 2. The number of anilines is 1. The molecule has 2 rings (SSSR count). The zero-order valence-electron chi connectivity index (χ0n) is 9.42. The van der Waals surface area contributed by atoms with Gasteiger partial charge in [-0.15, -0.1) is 0 Å². The van der Waals surface area contributed by atoms with E-state index in [1.165, 1.54) is 0 Å². The molecule has 17 heavy (non-hydrogen) atoms. The third-order valence-electron chi connectivity index (χ3n) is 2.06. The minimum Gasteiger partial charge on any atom is -0.308 e. The number of nitrogen functional groups attached to an aromatic ring is 1. The Labute approximate surface area is 104 Å². The van der Waals surface area contributed by atoms with Crippen molar-refractivity contribution in [2.45, 2.75) is 17.8 Å². The van der Waals surface area contributed by atoms with E-state index in [2.05, 4.69) is 20.4 Å². The Bertz CT molecular complexity index is 485. The first-order chi connectivity index (χ1) is 8.28. The Morgan fingerprint density at radius 3 is 2.76 bits per heavy atom. The minimum atomic E-state index is 0.660. The largest absolute Gasteiger partial charge is 0.308 e. The molecule has 6 heteroatoms. The number of nitrogens with one attached hydrogen (secondary N) is 1. The lowest BCUT2D eigenvalue weighted by molar-refractivity contribution is 0.948. The van der Waals surface area contributed by atoms with Crippen molar-refractivity contribution in [1.82, 2.24) is 15.0 Å². The molecule has 0 spiro atoms. The molecule has 3 N–H and O–H groups in total. The van der Waals surface area contributed by atoms with E-state index in [0.29, 0.717) is 5.82 Å². The van der Waals surface area contributed by atoms with Crippen LogP contribution in [0.15, 0.2) is 35.7 Å². The van der Waals surface area contributed by atoms with Crippen LogP contribution in [0.2, 0.25) is 0 Å². The number of hydrazine groups is 1. The van der Waals surface area contributed by atoms with Crippen LogP contribution < -0.4 is 11.3 Å². The summed E-state index contributed by atoms with van der Waals surface area (Å²) in [6.07, 6.45) is 3.61. The van der Waals surface area contributed by atoms with Crippen molar-refractivity contribution in [2.75, 3.05) is 5.43 Å². The number of pyridine rings is 1. The molecule has 0 amide bonds. The molecular formula is C11H13N5S. The lowest BCUT2D eigenvalue weighted by atomic mass is 10.4. The van der Waals surface area contributed by atoms with E-state index in [1.807, 2.05) is 25.1 Å². The molecule has 0 saturated heterocycles. The quantitative estimate of drug-likeness (QED) is 0.371. The Morgan fingerprint density at radius 1 is 1.29 bits per heavy atom. The van der Waals surface area contributed by atoms with Gasteiger partial charge in [0.1, 0.15) is 5.82 Å². The number of rotatable bonds is 4. The van der Waals surface area contributed by atoms with Crippen LogP contribution in [-0.2, 0) is 5.75 Å². The first-order valence-electron chi connectivity index (χ1n) is 5.12. The van der Waals surface area contributed by atoms with Crippen LogP contribution in [0.4, 0.5) is 5.82 Å². The van der Waals surface area contributed by atoms with Crippen LogP contribution >= 0.6 is 11.8 Å². The normalized spacial score (nSPS) is 10.2. The summed E-state index contributed by atoms with van der Waals surface area (Å²) in [4.78, 5) is 12.8. The van der Waals surface area contributed by atoms with Crippen molar-refractivity contribution in [3.63, 3.8) is 0 Å². The van der Waals surface area contributed by atoms with Crippen LogP contribution in [0.25, 0.3) is 0 Å². The average molecular weight is 247 g/mol. The number of nitrogens with two attached hydrogens (primary N) is 1. The molecule has 88 valence electrons. The highest BCUT2D eigenvalue weighted by Crippen LogP contribution is 2.18. The lowest BCUT2D eigenvalue weighted by Crippen LogP contribution is -2.08. The van der Waals surface area contributed by atoms with Gasteiger partial charge in [0.2, 0.25) is 0 Å². The molecule has 0 atom stereocenters. The van der Waals surface area contributed by atoms with Crippen LogP contribution in [0, 0.1) is 6.92 Å². The van der Waals surface area contributed by atoms with Gasteiger partial charge < -0.3 is 5.43 Å². The van der Waals surface area contributed by atoms with Crippen molar-refractivity contribution in [3.05, 3.63) is 41.9 Å². The monoisotopic (exact) mass is 247 g/mol. The molecule has 0 unspecified atom stereocenters. The second-order valence-corrected chi connectivity index (χ2v) is 4.43. The van der Waals surface area contributed by atoms with Gasteiger partial charge in [-0.25, -0.2) is 20.8 Å². The summed E-state index contributed by atoms with van der Waals surface area (Å²) in [6.45, 7) is 1.96. The highest BCUT2D eigenvalue weighted by Gasteiger charge is 2.00. The molecule has 0 aliphatic carbocycles. The molecule has 2 heterocycles. The molecule has 0 radical (unpaired) electrons. The van der Waals surface area contributed by atoms with E-state index in [4.69, 9.17) is 5.84 Å². The smallest absolute Gasteiger partial charge is 0.187 e. The fourth-order valence-electron chi connectivity index (χ4n) is 1.23. The summed E-state index contributed by atoms with van der Waals surface area (Å²) in [6, 6.07) is 5.67. The third kappa shape index (κ3) is 3.40. The van der Waals surface area contributed by atoms with Crippen LogP contribution in [0.3, 0.4) is 0 Å². The molecule has 0 aliphatic rings. The molecule has 5 nitrogen and oxygen atoms in total. The SMILES string of the molecule is Cc1cnc(SCc2cccc(NN)n2)nc1. The predicted molar refractivity (Wildman–Crippen MR) is 68.4 cm³/mol. The Kier molecular flexibility index (Phi) is 3.89. The molecule has 0 saturated carbocycles.